The molecule has 20 heavy (non-hydrogen) atoms. The van der Waals surface area contributed by atoms with Crippen LogP contribution in [0.3, 0.4) is 0 Å². The first kappa shape index (κ1) is 16.5. The number of rotatable bonds is 7. The van der Waals surface area contributed by atoms with Gasteiger partial charge in [0.05, 0.1) is 0 Å². The maximum atomic E-state index is 12.0. The number of aromatic nitrogens is 2. The van der Waals surface area contributed by atoms with Crippen molar-refractivity contribution in [2.24, 2.45) is 5.84 Å². The zero-order chi connectivity index (χ0) is 15.2. The van der Waals surface area contributed by atoms with Crippen molar-refractivity contribution in [3.63, 3.8) is 0 Å². The Bertz CT molecular complexity index is 420. The second-order valence-corrected chi connectivity index (χ2v) is 4.78. The van der Waals surface area contributed by atoms with E-state index in [0.717, 1.165) is 5.56 Å². The molecule has 0 fully saturated rings. The summed E-state index contributed by atoms with van der Waals surface area (Å²) in [6.45, 7) is 4.36. The van der Waals surface area contributed by atoms with Crippen LogP contribution >= 0.6 is 0 Å². The summed E-state index contributed by atoms with van der Waals surface area (Å²) in [6, 6.07) is 0. The Hall–Kier alpha value is -1.57. The fraction of sp³-hybridized carbons (Fsp3) is 0.667. The van der Waals surface area contributed by atoms with Gasteiger partial charge >= 0.3 is 6.18 Å². The van der Waals surface area contributed by atoms with E-state index in [9.17, 15) is 13.2 Å². The van der Waals surface area contributed by atoms with E-state index in [1.165, 1.54) is 6.33 Å². The normalized spacial score (nSPS) is 11.8. The van der Waals surface area contributed by atoms with Gasteiger partial charge in [-0.05, 0) is 18.8 Å². The Balaban J connectivity index is 2.56. The van der Waals surface area contributed by atoms with E-state index in [1.807, 2.05) is 13.8 Å². The molecule has 1 aromatic rings. The third-order valence-electron chi connectivity index (χ3n) is 2.78. The van der Waals surface area contributed by atoms with E-state index in [2.05, 4.69) is 20.7 Å². The number of anilines is 2. The maximum absolute atomic E-state index is 12.0. The van der Waals surface area contributed by atoms with Gasteiger partial charge in [0.15, 0.2) is 0 Å². The van der Waals surface area contributed by atoms with Crippen LogP contribution in [0.4, 0.5) is 24.8 Å². The van der Waals surface area contributed by atoms with Gasteiger partial charge < -0.3 is 10.7 Å². The number of unbranched alkanes of at least 4 members (excludes halogenated alkanes) is 1. The fourth-order valence-electron chi connectivity index (χ4n) is 1.86. The summed E-state index contributed by atoms with van der Waals surface area (Å²) in [5.74, 6) is 6.65. The van der Waals surface area contributed by atoms with Gasteiger partial charge in [0.2, 0.25) is 0 Å². The third-order valence-corrected chi connectivity index (χ3v) is 2.78. The molecule has 0 aliphatic carbocycles. The highest BCUT2D eigenvalue weighted by Crippen LogP contribution is 2.28. The molecule has 0 unspecified atom stereocenters. The fourth-order valence-corrected chi connectivity index (χ4v) is 1.86. The molecule has 0 bridgehead atoms. The Morgan fingerprint density at radius 1 is 1.20 bits per heavy atom. The molecule has 0 spiro atoms. The first-order valence-electron chi connectivity index (χ1n) is 6.47. The van der Waals surface area contributed by atoms with Crippen molar-refractivity contribution in [2.45, 2.75) is 45.2 Å². The smallest absolute Gasteiger partial charge is 0.370 e. The van der Waals surface area contributed by atoms with Crippen molar-refractivity contribution < 1.29 is 13.2 Å². The third kappa shape index (κ3) is 5.20. The quantitative estimate of drug-likeness (QED) is 0.409. The van der Waals surface area contributed by atoms with Gasteiger partial charge in [0, 0.05) is 18.5 Å². The number of nitrogens with two attached hydrogens (primary N) is 1. The molecule has 0 atom stereocenters. The monoisotopic (exact) mass is 291 g/mol. The zero-order valence-corrected chi connectivity index (χ0v) is 11.6. The number of nitrogen functional groups attached to an aromatic ring is 1. The standard InChI is InChI=1S/C12H20F3N5/c1-8(2)9-10(18-7-19-11(9)20-16)17-6-4-3-5-12(13,14)15/h7-8H,3-6,16H2,1-2H3,(H2,17,18,19,20). The van der Waals surface area contributed by atoms with E-state index in [4.69, 9.17) is 5.84 Å². The van der Waals surface area contributed by atoms with Gasteiger partial charge in [-0.15, -0.1) is 0 Å². The number of nitrogens with one attached hydrogen (secondary N) is 2. The predicted molar refractivity (Wildman–Crippen MR) is 72.3 cm³/mol. The van der Waals surface area contributed by atoms with Gasteiger partial charge in [-0.1, -0.05) is 13.8 Å². The molecule has 0 aliphatic heterocycles. The minimum Gasteiger partial charge on any atom is -0.370 e. The van der Waals surface area contributed by atoms with Crippen molar-refractivity contribution in [2.75, 3.05) is 17.3 Å². The molecule has 0 saturated carbocycles. The molecule has 0 saturated heterocycles. The van der Waals surface area contributed by atoms with Crippen LogP contribution in [-0.4, -0.2) is 22.7 Å². The number of halogens is 3. The lowest BCUT2D eigenvalue weighted by atomic mass is 10.0. The Kier molecular flexibility index (Phi) is 6.00. The number of alkyl halides is 3. The summed E-state index contributed by atoms with van der Waals surface area (Å²) in [5.41, 5.74) is 3.32. The van der Waals surface area contributed by atoms with Gasteiger partial charge in [0.1, 0.15) is 18.0 Å². The van der Waals surface area contributed by atoms with Crippen molar-refractivity contribution in [1.29, 1.82) is 0 Å². The molecule has 1 aromatic heterocycles. The van der Waals surface area contributed by atoms with Crippen LogP contribution in [0.2, 0.25) is 0 Å². The number of hydrogen-bond donors (Lipinski definition) is 3. The first-order valence-corrected chi connectivity index (χ1v) is 6.47. The van der Waals surface area contributed by atoms with Crippen LogP contribution in [-0.2, 0) is 0 Å². The summed E-state index contributed by atoms with van der Waals surface area (Å²) in [5, 5.41) is 3.04. The van der Waals surface area contributed by atoms with E-state index < -0.39 is 12.6 Å². The lowest BCUT2D eigenvalue weighted by Crippen LogP contribution is -2.15. The summed E-state index contributed by atoms with van der Waals surface area (Å²) < 4.78 is 36.0. The molecular formula is C12H20F3N5. The largest absolute Gasteiger partial charge is 0.389 e. The van der Waals surface area contributed by atoms with Crippen LogP contribution in [0.25, 0.3) is 0 Å². The lowest BCUT2D eigenvalue weighted by molar-refractivity contribution is -0.135. The molecule has 4 N–H and O–H groups in total. The second-order valence-electron chi connectivity index (χ2n) is 4.78. The average molecular weight is 291 g/mol. The average Bonchev–Trinajstić information content (AvgIpc) is 2.36. The van der Waals surface area contributed by atoms with E-state index in [-0.39, 0.29) is 12.3 Å². The van der Waals surface area contributed by atoms with Crippen LogP contribution < -0.4 is 16.6 Å². The predicted octanol–water partition coefficient (Wildman–Crippen LogP) is 3.03. The molecule has 0 radical (unpaired) electrons. The lowest BCUT2D eigenvalue weighted by Gasteiger charge is -2.16. The highest BCUT2D eigenvalue weighted by molar-refractivity contribution is 5.58. The number of hydrazine groups is 1. The van der Waals surface area contributed by atoms with Gasteiger partial charge in [0.25, 0.3) is 0 Å². The van der Waals surface area contributed by atoms with Crippen LogP contribution in [0.15, 0.2) is 6.33 Å². The van der Waals surface area contributed by atoms with E-state index >= 15 is 0 Å². The Morgan fingerprint density at radius 3 is 2.40 bits per heavy atom. The summed E-state index contributed by atoms with van der Waals surface area (Å²) in [4.78, 5) is 8.13. The highest BCUT2D eigenvalue weighted by Gasteiger charge is 2.25. The molecule has 0 aromatic carbocycles. The molecule has 114 valence electrons. The van der Waals surface area contributed by atoms with Crippen LogP contribution in [0, 0.1) is 0 Å². The van der Waals surface area contributed by atoms with E-state index in [1.54, 1.807) is 0 Å². The van der Waals surface area contributed by atoms with Gasteiger partial charge in [-0.3, -0.25) is 0 Å². The highest BCUT2D eigenvalue weighted by atomic mass is 19.4. The minimum absolute atomic E-state index is 0.0978. The second kappa shape index (κ2) is 7.28. The van der Waals surface area contributed by atoms with Crippen molar-refractivity contribution in [3.8, 4) is 0 Å². The molecule has 1 rings (SSSR count). The maximum Gasteiger partial charge on any atom is 0.389 e. The number of nitrogens with zero attached hydrogens (tertiary/aromatic N) is 2. The molecule has 8 heteroatoms. The van der Waals surface area contributed by atoms with Crippen molar-refractivity contribution >= 4 is 11.6 Å². The Morgan fingerprint density at radius 2 is 1.85 bits per heavy atom. The summed E-state index contributed by atoms with van der Waals surface area (Å²) in [6.07, 6.45) is -2.97. The van der Waals surface area contributed by atoms with Crippen LogP contribution in [0.1, 0.15) is 44.6 Å². The van der Waals surface area contributed by atoms with Gasteiger partial charge in [-0.25, -0.2) is 15.8 Å². The summed E-state index contributed by atoms with van der Waals surface area (Å²) in [7, 11) is 0. The van der Waals surface area contributed by atoms with Gasteiger partial charge in [-0.2, -0.15) is 13.2 Å². The first-order chi connectivity index (χ1) is 9.35. The SMILES string of the molecule is CC(C)c1c(NN)ncnc1NCCCCC(F)(F)F. The molecule has 0 aliphatic rings. The topological polar surface area (TPSA) is 75.9 Å². The Labute approximate surface area is 116 Å². The molecule has 1 heterocycles. The van der Waals surface area contributed by atoms with Crippen molar-refractivity contribution in [1.82, 2.24) is 9.97 Å². The number of hydrogen-bond acceptors (Lipinski definition) is 5. The molecule has 5 nitrogen and oxygen atoms in total. The molecule has 0 amide bonds. The van der Waals surface area contributed by atoms with Crippen molar-refractivity contribution in [3.05, 3.63) is 11.9 Å². The zero-order valence-electron chi connectivity index (χ0n) is 11.6. The van der Waals surface area contributed by atoms with Crippen LogP contribution in [0.5, 0.6) is 0 Å². The minimum atomic E-state index is -4.09. The molecular weight excluding hydrogens is 271 g/mol. The van der Waals surface area contributed by atoms with E-state index in [0.29, 0.717) is 24.6 Å². The summed E-state index contributed by atoms with van der Waals surface area (Å²) >= 11 is 0.